The Bertz CT molecular complexity index is 797. The molecule has 2 amide bonds. The number of anilines is 1. The van der Waals surface area contributed by atoms with Gasteiger partial charge in [-0.1, -0.05) is 46.3 Å². The zero-order valence-electron chi connectivity index (χ0n) is 11.5. The average Bonchev–Trinajstić information content (AvgIpc) is 2.92. The number of hydrogen-bond acceptors (Lipinski definition) is 2. The smallest absolute Gasteiger partial charge is 0.316 e. The van der Waals surface area contributed by atoms with Crippen molar-refractivity contribution in [2.24, 2.45) is 5.73 Å². The normalized spacial score (nSPS) is 10.4. The van der Waals surface area contributed by atoms with E-state index < -0.39 is 6.03 Å². The number of primary amides is 1. The first-order valence-electron chi connectivity index (χ1n) is 6.61. The van der Waals surface area contributed by atoms with Gasteiger partial charge in [0, 0.05) is 10.0 Å². The van der Waals surface area contributed by atoms with E-state index in [1.165, 1.54) is 0 Å². The molecule has 0 unspecified atom stereocenters. The maximum absolute atomic E-state index is 11.2. The van der Waals surface area contributed by atoms with Crippen LogP contribution in [0.25, 0.3) is 16.9 Å². The second kappa shape index (κ2) is 6.03. The van der Waals surface area contributed by atoms with Gasteiger partial charge in [-0.2, -0.15) is 5.10 Å². The molecule has 0 aliphatic heterocycles. The number of nitrogens with two attached hydrogens (primary N) is 1. The largest absolute Gasteiger partial charge is 0.351 e. The summed E-state index contributed by atoms with van der Waals surface area (Å²) in [5, 5.41) is 7.18. The molecule has 0 saturated carbocycles. The van der Waals surface area contributed by atoms with Gasteiger partial charge in [0.2, 0.25) is 0 Å². The third kappa shape index (κ3) is 3.01. The number of para-hydroxylation sites is 1. The monoisotopic (exact) mass is 356 g/mol. The van der Waals surface area contributed by atoms with Crippen molar-refractivity contribution in [3.05, 3.63) is 65.3 Å². The standard InChI is InChI=1S/C16H13BrN4O/c17-12-8-6-11(7-9-12)15-14(19-16(18)22)10-21(20-15)13-4-2-1-3-5-13/h1-10H,(H3,18,19,22). The number of carbonyl (C=O) groups excluding carboxylic acids is 1. The molecule has 0 spiro atoms. The number of nitrogens with one attached hydrogen (secondary N) is 1. The Morgan fingerprint density at radius 3 is 2.41 bits per heavy atom. The highest BCUT2D eigenvalue weighted by molar-refractivity contribution is 9.10. The molecule has 0 bridgehead atoms. The van der Waals surface area contributed by atoms with Crippen molar-refractivity contribution in [3.8, 4) is 16.9 Å². The Morgan fingerprint density at radius 1 is 1.09 bits per heavy atom. The van der Waals surface area contributed by atoms with Crippen molar-refractivity contribution in [2.45, 2.75) is 0 Å². The molecule has 110 valence electrons. The second-order valence-electron chi connectivity index (χ2n) is 4.67. The van der Waals surface area contributed by atoms with Crippen LogP contribution in [0.2, 0.25) is 0 Å². The van der Waals surface area contributed by atoms with E-state index in [0.29, 0.717) is 11.4 Å². The number of carbonyl (C=O) groups is 1. The highest BCUT2D eigenvalue weighted by Gasteiger charge is 2.13. The fraction of sp³-hybridized carbons (Fsp3) is 0. The van der Waals surface area contributed by atoms with Crippen LogP contribution in [0.3, 0.4) is 0 Å². The molecule has 0 saturated heterocycles. The maximum atomic E-state index is 11.2. The van der Waals surface area contributed by atoms with Gasteiger partial charge in [-0.15, -0.1) is 0 Å². The molecule has 22 heavy (non-hydrogen) atoms. The summed E-state index contributed by atoms with van der Waals surface area (Å²) in [6, 6.07) is 16.7. The first-order valence-corrected chi connectivity index (χ1v) is 7.40. The number of halogens is 1. The molecule has 0 atom stereocenters. The van der Waals surface area contributed by atoms with Crippen molar-refractivity contribution in [1.29, 1.82) is 0 Å². The molecule has 0 radical (unpaired) electrons. The lowest BCUT2D eigenvalue weighted by Crippen LogP contribution is -2.19. The van der Waals surface area contributed by atoms with E-state index in [-0.39, 0.29) is 0 Å². The Hall–Kier alpha value is -2.60. The molecule has 1 heterocycles. The van der Waals surface area contributed by atoms with E-state index in [9.17, 15) is 4.79 Å². The number of amides is 2. The molecule has 2 aromatic carbocycles. The van der Waals surface area contributed by atoms with Gasteiger partial charge in [0.1, 0.15) is 5.69 Å². The van der Waals surface area contributed by atoms with Crippen molar-refractivity contribution in [2.75, 3.05) is 5.32 Å². The summed E-state index contributed by atoms with van der Waals surface area (Å²) in [6.07, 6.45) is 1.75. The van der Waals surface area contributed by atoms with Crippen LogP contribution in [0.1, 0.15) is 0 Å². The highest BCUT2D eigenvalue weighted by atomic mass is 79.9. The zero-order valence-corrected chi connectivity index (χ0v) is 13.1. The quantitative estimate of drug-likeness (QED) is 0.749. The van der Waals surface area contributed by atoms with Gasteiger partial charge in [-0.05, 0) is 24.3 Å². The molecular weight excluding hydrogens is 344 g/mol. The topological polar surface area (TPSA) is 72.9 Å². The van der Waals surface area contributed by atoms with Crippen molar-refractivity contribution < 1.29 is 4.79 Å². The van der Waals surface area contributed by atoms with Crippen molar-refractivity contribution >= 4 is 27.6 Å². The summed E-state index contributed by atoms with van der Waals surface area (Å²) < 4.78 is 2.69. The van der Waals surface area contributed by atoms with Crippen LogP contribution in [0, 0.1) is 0 Å². The lowest BCUT2D eigenvalue weighted by atomic mass is 10.1. The van der Waals surface area contributed by atoms with E-state index in [1.807, 2.05) is 54.6 Å². The van der Waals surface area contributed by atoms with Crippen LogP contribution in [-0.2, 0) is 0 Å². The number of aromatic nitrogens is 2. The van der Waals surface area contributed by atoms with Crippen LogP contribution >= 0.6 is 15.9 Å². The Kier molecular flexibility index (Phi) is 3.93. The van der Waals surface area contributed by atoms with E-state index in [0.717, 1.165) is 15.7 Å². The van der Waals surface area contributed by atoms with Crippen LogP contribution in [0.5, 0.6) is 0 Å². The Balaban J connectivity index is 2.09. The summed E-state index contributed by atoms with van der Waals surface area (Å²) in [5.74, 6) is 0. The Morgan fingerprint density at radius 2 is 1.77 bits per heavy atom. The maximum Gasteiger partial charge on any atom is 0.316 e. The summed E-state index contributed by atoms with van der Waals surface area (Å²) in [4.78, 5) is 11.2. The summed E-state index contributed by atoms with van der Waals surface area (Å²) in [5.41, 5.74) is 8.27. The van der Waals surface area contributed by atoms with E-state index in [4.69, 9.17) is 5.73 Å². The minimum Gasteiger partial charge on any atom is -0.351 e. The number of rotatable bonds is 3. The Labute approximate surface area is 135 Å². The molecular formula is C16H13BrN4O. The van der Waals surface area contributed by atoms with E-state index in [2.05, 4.69) is 26.3 Å². The van der Waals surface area contributed by atoms with Crippen LogP contribution < -0.4 is 11.1 Å². The molecule has 1 aromatic heterocycles. The molecule has 3 N–H and O–H groups in total. The van der Waals surface area contributed by atoms with Crippen molar-refractivity contribution in [1.82, 2.24) is 9.78 Å². The van der Waals surface area contributed by atoms with Gasteiger partial charge in [0.15, 0.2) is 0 Å². The predicted octanol–water partition coefficient (Wildman–Crippen LogP) is 3.79. The number of nitrogens with zero attached hydrogens (tertiary/aromatic N) is 2. The summed E-state index contributed by atoms with van der Waals surface area (Å²) in [7, 11) is 0. The summed E-state index contributed by atoms with van der Waals surface area (Å²) >= 11 is 3.40. The molecule has 3 aromatic rings. The van der Waals surface area contributed by atoms with Crippen LogP contribution in [0.15, 0.2) is 65.3 Å². The first-order chi connectivity index (χ1) is 10.6. The molecule has 3 rings (SSSR count). The fourth-order valence-electron chi connectivity index (χ4n) is 2.13. The predicted molar refractivity (Wildman–Crippen MR) is 89.9 cm³/mol. The van der Waals surface area contributed by atoms with Gasteiger partial charge in [-0.3, -0.25) is 0 Å². The van der Waals surface area contributed by atoms with Crippen LogP contribution in [-0.4, -0.2) is 15.8 Å². The van der Waals surface area contributed by atoms with E-state index >= 15 is 0 Å². The molecule has 5 nitrogen and oxygen atoms in total. The van der Waals surface area contributed by atoms with Crippen molar-refractivity contribution in [3.63, 3.8) is 0 Å². The van der Waals surface area contributed by atoms with E-state index in [1.54, 1.807) is 10.9 Å². The number of urea groups is 1. The lowest BCUT2D eigenvalue weighted by molar-refractivity contribution is 0.259. The minimum atomic E-state index is -0.619. The third-order valence-electron chi connectivity index (χ3n) is 3.11. The third-order valence-corrected chi connectivity index (χ3v) is 3.64. The second-order valence-corrected chi connectivity index (χ2v) is 5.58. The number of hydrogen-bond donors (Lipinski definition) is 2. The van der Waals surface area contributed by atoms with Gasteiger partial charge in [0.25, 0.3) is 0 Å². The molecule has 0 aliphatic carbocycles. The average molecular weight is 357 g/mol. The molecule has 6 heteroatoms. The van der Waals surface area contributed by atoms with Crippen LogP contribution in [0.4, 0.5) is 10.5 Å². The van der Waals surface area contributed by atoms with Gasteiger partial charge in [0.05, 0.1) is 17.6 Å². The minimum absolute atomic E-state index is 0.568. The summed E-state index contributed by atoms with van der Waals surface area (Å²) in [6.45, 7) is 0. The first kappa shape index (κ1) is 14.3. The van der Waals surface area contributed by atoms with Gasteiger partial charge < -0.3 is 11.1 Å². The van der Waals surface area contributed by atoms with Gasteiger partial charge in [-0.25, -0.2) is 9.48 Å². The number of benzene rings is 2. The lowest BCUT2D eigenvalue weighted by Gasteiger charge is -2.02. The molecule has 0 aliphatic rings. The SMILES string of the molecule is NC(=O)Nc1cn(-c2ccccc2)nc1-c1ccc(Br)cc1. The van der Waals surface area contributed by atoms with Gasteiger partial charge >= 0.3 is 6.03 Å². The highest BCUT2D eigenvalue weighted by Crippen LogP contribution is 2.28. The zero-order chi connectivity index (χ0) is 15.5. The fourth-order valence-corrected chi connectivity index (χ4v) is 2.40. The molecule has 0 fully saturated rings.